The highest BCUT2D eigenvalue weighted by molar-refractivity contribution is 6.19. The fourth-order valence-electron chi connectivity index (χ4n) is 2.42. The average molecular weight is 289 g/mol. The average Bonchev–Trinajstić information content (AvgIpc) is 2.97. The summed E-state index contributed by atoms with van der Waals surface area (Å²) in [4.78, 5) is 60.4. The van der Waals surface area contributed by atoms with Gasteiger partial charge in [0.05, 0.1) is 0 Å². The van der Waals surface area contributed by atoms with Crippen LogP contribution in [0, 0.1) is 0 Å². The number of unbranched alkanes of at least 4 members (excludes halogenated alkanes) is 1. The van der Waals surface area contributed by atoms with Crippen LogP contribution in [-0.4, -0.2) is 45.4 Å². The minimum atomic E-state index is -2.02. The lowest BCUT2D eigenvalue weighted by atomic mass is 9.99. The fraction of sp³-hybridized carbons (Fsp3) is 0.357. The first-order valence-corrected chi connectivity index (χ1v) is 6.49. The van der Waals surface area contributed by atoms with Gasteiger partial charge in [0.15, 0.2) is 5.66 Å². The molecular formula is C14H13N2O5. The number of hydrogen-bond donors (Lipinski definition) is 0. The third kappa shape index (κ3) is 2.20. The number of imide groups is 2. The van der Waals surface area contributed by atoms with Crippen LogP contribution in [0.15, 0.2) is 24.3 Å². The van der Waals surface area contributed by atoms with Gasteiger partial charge < -0.3 is 0 Å². The normalized spacial score (nSPS) is 18.3. The van der Waals surface area contributed by atoms with Gasteiger partial charge in [-0.15, -0.1) is 0 Å². The fourth-order valence-corrected chi connectivity index (χ4v) is 2.42. The molecule has 0 N–H and O–H groups in total. The van der Waals surface area contributed by atoms with E-state index in [9.17, 15) is 24.0 Å². The van der Waals surface area contributed by atoms with Crippen molar-refractivity contribution in [2.45, 2.75) is 31.8 Å². The van der Waals surface area contributed by atoms with Crippen LogP contribution >= 0.6 is 0 Å². The minimum absolute atomic E-state index is 0.0364. The summed E-state index contributed by atoms with van der Waals surface area (Å²) in [5.41, 5.74) is -2.02. The molecule has 0 aliphatic carbocycles. The summed E-state index contributed by atoms with van der Waals surface area (Å²) in [6, 6.07) is 0. The summed E-state index contributed by atoms with van der Waals surface area (Å²) >= 11 is 0. The van der Waals surface area contributed by atoms with Crippen molar-refractivity contribution in [3.05, 3.63) is 24.3 Å². The Balaban J connectivity index is 2.51. The zero-order valence-electron chi connectivity index (χ0n) is 11.4. The number of amides is 4. The van der Waals surface area contributed by atoms with Crippen molar-refractivity contribution >= 4 is 29.9 Å². The lowest BCUT2D eigenvalue weighted by Gasteiger charge is -2.40. The first-order valence-electron chi connectivity index (χ1n) is 6.49. The molecule has 7 nitrogen and oxygen atoms in total. The van der Waals surface area contributed by atoms with Crippen molar-refractivity contribution < 1.29 is 24.0 Å². The Bertz CT molecular complexity index is 512. The molecule has 0 aromatic rings. The molecule has 0 aromatic carbocycles. The van der Waals surface area contributed by atoms with Crippen LogP contribution in [0.25, 0.3) is 0 Å². The number of hydrogen-bond acceptors (Lipinski definition) is 5. The molecule has 2 heterocycles. The monoisotopic (exact) mass is 289 g/mol. The van der Waals surface area contributed by atoms with Crippen LogP contribution in [0.5, 0.6) is 0 Å². The Morgan fingerprint density at radius 1 is 0.905 bits per heavy atom. The Hall–Kier alpha value is -2.57. The lowest BCUT2D eigenvalue weighted by molar-refractivity contribution is -0.157. The second-order valence-electron chi connectivity index (χ2n) is 4.71. The Kier molecular flexibility index (Phi) is 3.84. The molecule has 2 aliphatic rings. The van der Waals surface area contributed by atoms with Crippen molar-refractivity contribution in [1.29, 1.82) is 0 Å². The molecule has 0 fully saturated rings. The van der Waals surface area contributed by atoms with Crippen LogP contribution in [0.1, 0.15) is 26.2 Å². The van der Waals surface area contributed by atoms with Gasteiger partial charge in [-0.1, -0.05) is 13.3 Å². The van der Waals surface area contributed by atoms with Crippen LogP contribution in [-0.2, 0) is 24.0 Å². The molecule has 0 aromatic heterocycles. The molecule has 2 rings (SSSR count). The van der Waals surface area contributed by atoms with E-state index >= 15 is 0 Å². The van der Waals surface area contributed by atoms with E-state index in [1.807, 2.05) is 6.92 Å². The Morgan fingerprint density at radius 3 is 1.57 bits per heavy atom. The summed E-state index contributed by atoms with van der Waals surface area (Å²) in [7, 11) is 0. The molecular weight excluding hydrogens is 276 g/mol. The summed E-state index contributed by atoms with van der Waals surface area (Å²) in [5.74, 6) is -2.97. The second kappa shape index (κ2) is 5.43. The molecule has 2 aliphatic heterocycles. The summed E-state index contributed by atoms with van der Waals surface area (Å²) < 4.78 is 0. The smallest absolute Gasteiger partial charge is 0.255 e. The molecule has 0 atom stereocenters. The molecule has 0 bridgehead atoms. The van der Waals surface area contributed by atoms with Crippen LogP contribution in [0.3, 0.4) is 0 Å². The third-order valence-corrected chi connectivity index (χ3v) is 3.40. The molecule has 7 heteroatoms. The summed E-state index contributed by atoms with van der Waals surface area (Å²) in [5, 5.41) is 0. The van der Waals surface area contributed by atoms with E-state index in [-0.39, 0.29) is 6.42 Å². The number of carbonyl (C=O) groups is 4. The van der Waals surface area contributed by atoms with Crippen molar-refractivity contribution in [3.8, 4) is 0 Å². The molecule has 0 spiro atoms. The van der Waals surface area contributed by atoms with Crippen molar-refractivity contribution in [2.75, 3.05) is 0 Å². The zero-order chi connectivity index (χ0) is 15.6. The molecule has 0 saturated carbocycles. The van der Waals surface area contributed by atoms with E-state index in [0.29, 0.717) is 22.6 Å². The maximum atomic E-state index is 11.9. The second-order valence-corrected chi connectivity index (χ2v) is 4.71. The van der Waals surface area contributed by atoms with Gasteiger partial charge in [0.1, 0.15) is 0 Å². The van der Waals surface area contributed by atoms with E-state index in [0.717, 1.165) is 24.3 Å². The van der Waals surface area contributed by atoms with E-state index in [2.05, 4.69) is 0 Å². The molecule has 0 unspecified atom stereocenters. The van der Waals surface area contributed by atoms with Gasteiger partial charge in [-0.05, 0) is 12.8 Å². The number of rotatable bonds is 6. The predicted molar refractivity (Wildman–Crippen MR) is 69.9 cm³/mol. The SMILES string of the molecule is CCCCC([C]=O)(N1C(=O)C=CC1=O)N1C(=O)C=CC1=O. The Labute approximate surface area is 120 Å². The third-order valence-electron chi connectivity index (χ3n) is 3.40. The van der Waals surface area contributed by atoms with Gasteiger partial charge in [-0.2, -0.15) is 0 Å². The predicted octanol–water partition coefficient (Wildman–Crippen LogP) is -0.167. The van der Waals surface area contributed by atoms with Crippen LogP contribution in [0.2, 0.25) is 0 Å². The first kappa shape index (κ1) is 14.8. The zero-order valence-corrected chi connectivity index (χ0v) is 11.4. The number of carbonyl (C=O) groups excluding carboxylic acids is 5. The van der Waals surface area contributed by atoms with E-state index < -0.39 is 29.3 Å². The van der Waals surface area contributed by atoms with Crippen molar-refractivity contribution in [2.24, 2.45) is 0 Å². The van der Waals surface area contributed by atoms with Gasteiger partial charge >= 0.3 is 0 Å². The van der Waals surface area contributed by atoms with Crippen molar-refractivity contribution in [3.63, 3.8) is 0 Å². The minimum Gasteiger partial charge on any atom is -0.286 e. The number of nitrogens with zero attached hydrogens (tertiary/aromatic N) is 2. The summed E-state index contributed by atoms with van der Waals surface area (Å²) in [6.07, 6.45) is 6.64. The largest absolute Gasteiger partial charge is 0.286 e. The van der Waals surface area contributed by atoms with Crippen molar-refractivity contribution in [1.82, 2.24) is 9.80 Å². The first-order chi connectivity index (χ1) is 9.97. The van der Waals surface area contributed by atoms with Gasteiger partial charge in [0.25, 0.3) is 23.6 Å². The van der Waals surface area contributed by atoms with Crippen LogP contribution in [0.4, 0.5) is 0 Å². The standard InChI is InChI=1S/C14H13N2O5/c1-2-3-8-14(9-17,15-10(18)4-5-11(15)19)16-12(20)6-7-13(16)21/h4-7H,2-3,8H2,1H3. The van der Waals surface area contributed by atoms with E-state index in [1.54, 1.807) is 6.29 Å². The van der Waals surface area contributed by atoms with E-state index in [4.69, 9.17) is 0 Å². The molecule has 0 saturated heterocycles. The molecule has 1 radical (unpaired) electrons. The highest BCUT2D eigenvalue weighted by atomic mass is 16.2. The maximum Gasteiger partial charge on any atom is 0.255 e. The highest BCUT2D eigenvalue weighted by Crippen LogP contribution is 2.31. The lowest BCUT2D eigenvalue weighted by Crippen LogP contribution is -2.65. The quantitative estimate of drug-likeness (QED) is 0.633. The van der Waals surface area contributed by atoms with Gasteiger partial charge in [-0.3, -0.25) is 24.0 Å². The van der Waals surface area contributed by atoms with E-state index in [1.165, 1.54) is 0 Å². The molecule has 21 heavy (non-hydrogen) atoms. The van der Waals surface area contributed by atoms with Gasteiger partial charge in [-0.25, -0.2) is 9.80 Å². The molecule has 109 valence electrons. The Morgan fingerprint density at radius 2 is 1.29 bits per heavy atom. The van der Waals surface area contributed by atoms with Crippen LogP contribution < -0.4 is 0 Å². The topological polar surface area (TPSA) is 91.8 Å². The molecule has 4 amide bonds. The summed E-state index contributed by atoms with van der Waals surface area (Å²) in [6.45, 7) is 1.84. The van der Waals surface area contributed by atoms with Gasteiger partial charge in [0, 0.05) is 24.3 Å². The maximum absolute atomic E-state index is 11.9. The van der Waals surface area contributed by atoms with Gasteiger partial charge in [0.2, 0.25) is 6.29 Å². The highest BCUT2D eigenvalue weighted by Gasteiger charge is 2.54.